The van der Waals surface area contributed by atoms with E-state index in [-0.39, 0.29) is 0 Å². The number of aliphatic hydroxyl groups excluding tert-OH is 1. The Balaban J connectivity index is 1.85. The van der Waals surface area contributed by atoms with Crippen molar-refractivity contribution in [3.05, 3.63) is 0 Å². The number of hydrogen-bond donors (Lipinski definition) is 3. The maximum atomic E-state index is 14.2. The number of hydrogen-bond acceptors (Lipinski definition) is 9. The molecule has 0 aliphatic carbocycles. The van der Waals surface area contributed by atoms with E-state index in [9.17, 15) is 28.4 Å². The first-order chi connectivity index (χ1) is 12.0. The van der Waals surface area contributed by atoms with Crippen molar-refractivity contribution in [3.8, 4) is 0 Å². The summed E-state index contributed by atoms with van der Waals surface area (Å²) in [7, 11) is -9.40. The molecule has 26 heavy (non-hydrogen) atoms. The summed E-state index contributed by atoms with van der Waals surface area (Å²) in [6.07, 6.45) is -10.2. The lowest BCUT2D eigenvalue weighted by molar-refractivity contribution is -0.0386. The van der Waals surface area contributed by atoms with Crippen LogP contribution in [-0.4, -0.2) is 77.0 Å². The minimum Gasteiger partial charge on any atom is -0.387 e. The summed E-state index contributed by atoms with van der Waals surface area (Å²) in [5.74, 6) is 0. The molecule has 3 aliphatic heterocycles. The topological polar surface area (TPSA) is 150 Å². The lowest BCUT2D eigenvalue weighted by atomic mass is 10.1. The van der Waals surface area contributed by atoms with Gasteiger partial charge in [-0.1, -0.05) is 0 Å². The molecule has 0 saturated carbocycles. The highest BCUT2D eigenvalue weighted by Gasteiger charge is 2.51. The molecule has 3 N–H and O–H groups in total. The lowest BCUT2D eigenvalue weighted by Crippen LogP contribution is -2.35. The van der Waals surface area contributed by atoms with E-state index in [0.29, 0.717) is 0 Å². The van der Waals surface area contributed by atoms with Crippen molar-refractivity contribution in [1.82, 2.24) is 0 Å². The van der Waals surface area contributed by atoms with Gasteiger partial charge in [-0.05, 0) is 13.8 Å². The first-order valence-electron chi connectivity index (χ1n) is 7.93. The molecule has 3 saturated heterocycles. The number of phosphoric ester groups is 2. The highest BCUT2D eigenvalue weighted by atomic mass is 31.2. The zero-order chi connectivity index (χ0) is 19.3. The number of fused-ring (bicyclic) bond motifs is 3. The second-order valence-corrected chi connectivity index (χ2v) is 9.18. The number of aliphatic hydroxyl groups is 1. The Morgan fingerprint density at radius 1 is 0.885 bits per heavy atom. The number of halogens is 1. The summed E-state index contributed by atoms with van der Waals surface area (Å²) in [6.45, 7) is 1.61. The quantitative estimate of drug-likeness (QED) is 0.462. The van der Waals surface area contributed by atoms with E-state index in [0.717, 1.165) is 0 Å². The third-order valence-electron chi connectivity index (χ3n) is 4.40. The van der Waals surface area contributed by atoms with Crippen molar-refractivity contribution in [2.75, 3.05) is 13.2 Å². The number of phosphoric acid groups is 2. The van der Waals surface area contributed by atoms with Crippen molar-refractivity contribution in [2.24, 2.45) is 0 Å². The van der Waals surface area contributed by atoms with Gasteiger partial charge in [0.2, 0.25) is 0 Å². The lowest BCUT2D eigenvalue weighted by Gasteiger charge is -2.24. The largest absolute Gasteiger partial charge is 0.472 e. The maximum absolute atomic E-state index is 14.2. The van der Waals surface area contributed by atoms with Gasteiger partial charge in [0.1, 0.15) is 30.5 Å². The molecule has 3 heterocycles. The average Bonchev–Trinajstić information content (AvgIpc) is 2.95. The molecule has 3 fully saturated rings. The Hall–Kier alpha value is 0.0300. The van der Waals surface area contributed by atoms with Gasteiger partial charge >= 0.3 is 15.6 Å². The van der Waals surface area contributed by atoms with E-state index in [4.69, 9.17) is 27.6 Å². The SMILES string of the molecule is CC1OC2COP(=O)(O)OC3C(C)OC(COP(=O)(O)OC2C1F)C3O. The summed E-state index contributed by atoms with van der Waals surface area (Å²) in [4.78, 5) is 19.7. The zero-order valence-corrected chi connectivity index (χ0v) is 15.7. The molecule has 0 aromatic carbocycles. The molecule has 0 amide bonds. The van der Waals surface area contributed by atoms with E-state index in [1.807, 2.05) is 0 Å². The van der Waals surface area contributed by atoms with Crippen LogP contribution in [0.25, 0.3) is 0 Å². The first-order valence-corrected chi connectivity index (χ1v) is 10.9. The van der Waals surface area contributed by atoms with Crippen LogP contribution in [0.3, 0.4) is 0 Å². The van der Waals surface area contributed by atoms with Crippen LogP contribution in [-0.2, 0) is 36.7 Å². The van der Waals surface area contributed by atoms with Crippen molar-refractivity contribution in [3.63, 3.8) is 0 Å². The number of ether oxygens (including phenoxy) is 2. The Labute approximate surface area is 148 Å². The number of alkyl halides is 1. The molecule has 10 atom stereocenters. The standard InChI is InChI=1S/C12H21FO11P2/c1-5-9(13)12-8(21-5)4-20-25(15,16)23-11-6(2)22-7(10(11)14)3-19-26(17,18)24-12/h5-12,14H,3-4H2,1-2H3,(H,15,16)(H,17,18). The van der Waals surface area contributed by atoms with Crippen LogP contribution in [0.4, 0.5) is 4.39 Å². The predicted molar refractivity (Wildman–Crippen MR) is 80.9 cm³/mol. The molecule has 152 valence electrons. The maximum Gasteiger partial charge on any atom is 0.472 e. The van der Waals surface area contributed by atoms with Crippen LogP contribution in [0.15, 0.2) is 0 Å². The van der Waals surface area contributed by atoms with E-state index >= 15 is 0 Å². The average molecular weight is 422 g/mol. The fraction of sp³-hybridized carbons (Fsp3) is 1.00. The summed E-state index contributed by atoms with van der Waals surface area (Å²) in [6, 6.07) is 0. The van der Waals surface area contributed by atoms with Crippen LogP contribution in [0.5, 0.6) is 0 Å². The monoisotopic (exact) mass is 422 g/mol. The molecule has 0 aromatic heterocycles. The summed E-state index contributed by atoms with van der Waals surface area (Å²) >= 11 is 0. The molecule has 0 radical (unpaired) electrons. The Morgan fingerprint density at radius 3 is 2.00 bits per heavy atom. The van der Waals surface area contributed by atoms with Gasteiger partial charge in [-0.25, -0.2) is 13.5 Å². The highest BCUT2D eigenvalue weighted by molar-refractivity contribution is 7.47. The van der Waals surface area contributed by atoms with Gasteiger partial charge in [-0.2, -0.15) is 0 Å². The fourth-order valence-corrected chi connectivity index (χ4v) is 5.03. The van der Waals surface area contributed by atoms with Crippen LogP contribution in [0.1, 0.15) is 13.8 Å². The van der Waals surface area contributed by atoms with E-state index in [2.05, 4.69) is 0 Å². The molecule has 3 rings (SSSR count). The van der Waals surface area contributed by atoms with Crippen molar-refractivity contribution in [2.45, 2.75) is 62.7 Å². The minimum absolute atomic E-state index is 0.583. The Bertz CT molecular complexity index is 620. The van der Waals surface area contributed by atoms with Crippen molar-refractivity contribution < 1.29 is 56.0 Å². The summed E-state index contributed by atoms with van der Waals surface area (Å²) < 4.78 is 68.4. The second kappa shape index (κ2) is 7.46. The zero-order valence-electron chi connectivity index (χ0n) is 13.9. The van der Waals surface area contributed by atoms with Gasteiger partial charge in [0, 0.05) is 0 Å². The van der Waals surface area contributed by atoms with Gasteiger partial charge in [0.15, 0.2) is 6.17 Å². The highest BCUT2D eigenvalue weighted by Crippen LogP contribution is 2.51. The summed E-state index contributed by atoms with van der Waals surface area (Å²) in [5.41, 5.74) is 0. The van der Waals surface area contributed by atoms with E-state index < -0.39 is 77.8 Å². The van der Waals surface area contributed by atoms with Gasteiger partial charge in [0.25, 0.3) is 0 Å². The Kier molecular flexibility index (Phi) is 5.95. The van der Waals surface area contributed by atoms with Gasteiger partial charge < -0.3 is 24.4 Å². The van der Waals surface area contributed by atoms with E-state index in [1.54, 1.807) is 0 Å². The third kappa shape index (κ3) is 4.37. The predicted octanol–water partition coefficient (Wildman–Crippen LogP) is 0.278. The molecule has 3 aliphatic rings. The normalized spacial score (nSPS) is 56.2. The van der Waals surface area contributed by atoms with Gasteiger partial charge in [-0.3, -0.25) is 18.1 Å². The molecule has 2 bridgehead atoms. The Morgan fingerprint density at radius 2 is 1.38 bits per heavy atom. The molecule has 11 nitrogen and oxygen atoms in total. The molecular weight excluding hydrogens is 401 g/mol. The van der Waals surface area contributed by atoms with E-state index in [1.165, 1.54) is 13.8 Å². The minimum atomic E-state index is -4.74. The summed E-state index contributed by atoms with van der Waals surface area (Å²) in [5, 5.41) is 10.2. The van der Waals surface area contributed by atoms with Gasteiger partial charge in [-0.15, -0.1) is 0 Å². The second-order valence-electron chi connectivity index (χ2n) is 6.36. The molecule has 14 heteroatoms. The van der Waals surface area contributed by atoms with Gasteiger partial charge in [0.05, 0.1) is 25.4 Å². The van der Waals surface area contributed by atoms with Crippen LogP contribution < -0.4 is 0 Å². The molecule has 0 spiro atoms. The third-order valence-corrected chi connectivity index (χ3v) is 6.37. The molecule has 0 aromatic rings. The smallest absolute Gasteiger partial charge is 0.387 e. The molecule has 10 unspecified atom stereocenters. The molecular formula is C12H21FO11P2. The first kappa shape index (κ1) is 20.8. The number of rotatable bonds is 0. The van der Waals surface area contributed by atoms with Crippen molar-refractivity contribution in [1.29, 1.82) is 0 Å². The van der Waals surface area contributed by atoms with Crippen LogP contribution >= 0.6 is 15.6 Å². The van der Waals surface area contributed by atoms with Crippen LogP contribution in [0, 0.1) is 0 Å². The fourth-order valence-electron chi connectivity index (χ4n) is 3.07. The van der Waals surface area contributed by atoms with Crippen molar-refractivity contribution >= 4 is 15.6 Å². The van der Waals surface area contributed by atoms with Crippen LogP contribution in [0.2, 0.25) is 0 Å².